The van der Waals surface area contributed by atoms with Crippen molar-refractivity contribution >= 4 is 21.7 Å². The van der Waals surface area contributed by atoms with Crippen molar-refractivity contribution in [3.63, 3.8) is 0 Å². The average molecular weight is 311 g/mol. The zero-order valence-corrected chi connectivity index (χ0v) is 10.9. The monoisotopic (exact) mass is 310 g/mol. The Morgan fingerprint density at radius 3 is 2.44 bits per heavy atom. The van der Waals surface area contributed by atoms with Crippen LogP contribution in [0.3, 0.4) is 0 Å². The summed E-state index contributed by atoms with van der Waals surface area (Å²) >= 11 is 3.05. The van der Waals surface area contributed by atoms with Crippen molar-refractivity contribution in [3.05, 3.63) is 69.7 Å². The fraction of sp³-hybridized carbons (Fsp3) is 0.0714. The van der Waals surface area contributed by atoms with E-state index in [0.717, 1.165) is 0 Å². The van der Waals surface area contributed by atoms with Crippen LogP contribution < -0.4 is 0 Å². The lowest BCUT2D eigenvalue weighted by Gasteiger charge is -2.04. The molecule has 0 radical (unpaired) electrons. The van der Waals surface area contributed by atoms with Gasteiger partial charge in [0.1, 0.15) is 11.6 Å². The molecule has 2 aromatic rings. The highest BCUT2D eigenvalue weighted by Crippen LogP contribution is 2.18. The molecule has 0 atom stereocenters. The van der Waals surface area contributed by atoms with Crippen molar-refractivity contribution in [1.82, 2.24) is 0 Å². The Labute approximate surface area is 112 Å². The van der Waals surface area contributed by atoms with Crippen LogP contribution in [-0.4, -0.2) is 5.78 Å². The van der Waals surface area contributed by atoms with Crippen LogP contribution in [-0.2, 0) is 6.42 Å². The van der Waals surface area contributed by atoms with Crippen LogP contribution in [0.25, 0.3) is 0 Å². The number of benzene rings is 2. The van der Waals surface area contributed by atoms with Gasteiger partial charge in [-0.15, -0.1) is 0 Å². The van der Waals surface area contributed by atoms with Crippen LogP contribution in [0.15, 0.2) is 46.9 Å². The molecule has 0 fully saturated rings. The van der Waals surface area contributed by atoms with Crippen molar-refractivity contribution in [2.75, 3.05) is 0 Å². The molecule has 0 aromatic heterocycles. The zero-order chi connectivity index (χ0) is 13.1. The van der Waals surface area contributed by atoms with Gasteiger partial charge in [-0.25, -0.2) is 8.78 Å². The smallest absolute Gasteiger partial charge is 0.170 e. The van der Waals surface area contributed by atoms with Gasteiger partial charge in [-0.05, 0) is 45.8 Å². The molecule has 0 heterocycles. The van der Waals surface area contributed by atoms with E-state index in [2.05, 4.69) is 15.9 Å². The zero-order valence-electron chi connectivity index (χ0n) is 9.29. The minimum absolute atomic E-state index is 0.0415. The molecule has 0 bridgehead atoms. The Morgan fingerprint density at radius 2 is 1.78 bits per heavy atom. The largest absolute Gasteiger partial charge is 0.294 e. The second-order valence-corrected chi connectivity index (χ2v) is 4.68. The van der Waals surface area contributed by atoms with Crippen LogP contribution in [0, 0.1) is 11.6 Å². The summed E-state index contributed by atoms with van der Waals surface area (Å²) in [5.41, 5.74) is 0.689. The van der Waals surface area contributed by atoms with Gasteiger partial charge in [0, 0.05) is 6.42 Å². The number of carbonyl (C=O) groups is 1. The standard InChI is InChI=1S/C14H9BrF2O/c15-11-7-9(5-6-13(11)17)8-14(18)10-3-1-2-4-12(10)16/h1-7H,8H2. The summed E-state index contributed by atoms with van der Waals surface area (Å²) in [5, 5.41) is 0. The normalized spacial score (nSPS) is 10.4. The van der Waals surface area contributed by atoms with Gasteiger partial charge in [-0.1, -0.05) is 18.2 Å². The van der Waals surface area contributed by atoms with Gasteiger partial charge in [-0.3, -0.25) is 4.79 Å². The number of Topliss-reactive ketones (excluding diaryl/α,β-unsaturated/α-hetero) is 1. The lowest BCUT2D eigenvalue weighted by Crippen LogP contribution is -2.06. The van der Waals surface area contributed by atoms with E-state index in [9.17, 15) is 13.6 Å². The van der Waals surface area contributed by atoms with Gasteiger partial charge in [0.05, 0.1) is 10.0 Å². The Morgan fingerprint density at radius 1 is 1.06 bits per heavy atom. The predicted octanol–water partition coefficient (Wildman–Crippen LogP) is 4.15. The summed E-state index contributed by atoms with van der Waals surface area (Å²) in [6.07, 6.45) is 0.0415. The minimum atomic E-state index is -0.538. The molecule has 0 aliphatic rings. The molecule has 0 aliphatic carbocycles. The first-order valence-electron chi connectivity index (χ1n) is 5.29. The summed E-state index contributed by atoms with van der Waals surface area (Å²) in [5.74, 6) is -1.26. The first kappa shape index (κ1) is 12.9. The highest BCUT2D eigenvalue weighted by Gasteiger charge is 2.12. The van der Waals surface area contributed by atoms with Crippen LogP contribution in [0.4, 0.5) is 8.78 Å². The van der Waals surface area contributed by atoms with Crippen LogP contribution in [0.2, 0.25) is 0 Å². The first-order valence-corrected chi connectivity index (χ1v) is 6.09. The molecule has 0 N–H and O–H groups in total. The average Bonchev–Trinajstić information content (AvgIpc) is 2.34. The third-order valence-electron chi connectivity index (χ3n) is 2.52. The summed E-state index contributed by atoms with van der Waals surface area (Å²) in [6.45, 7) is 0. The van der Waals surface area contributed by atoms with E-state index in [1.807, 2.05) is 0 Å². The Kier molecular flexibility index (Phi) is 3.87. The highest BCUT2D eigenvalue weighted by molar-refractivity contribution is 9.10. The number of ketones is 1. The fourth-order valence-corrected chi connectivity index (χ4v) is 2.04. The summed E-state index contributed by atoms with van der Waals surface area (Å²) in [7, 11) is 0. The lowest BCUT2D eigenvalue weighted by molar-refractivity contribution is 0.0989. The molecule has 4 heteroatoms. The summed E-state index contributed by atoms with van der Waals surface area (Å²) < 4.78 is 26.7. The van der Waals surface area contributed by atoms with Crippen LogP contribution >= 0.6 is 15.9 Å². The first-order chi connectivity index (χ1) is 8.58. The van der Waals surface area contributed by atoms with E-state index in [4.69, 9.17) is 0 Å². The van der Waals surface area contributed by atoms with Crippen LogP contribution in [0.1, 0.15) is 15.9 Å². The molecular formula is C14H9BrF2O. The van der Waals surface area contributed by atoms with Gasteiger partial charge in [-0.2, -0.15) is 0 Å². The molecule has 2 rings (SSSR count). The second-order valence-electron chi connectivity index (χ2n) is 3.83. The van der Waals surface area contributed by atoms with Crippen molar-refractivity contribution in [2.45, 2.75) is 6.42 Å². The van der Waals surface area contributed by atoms with Crippen molar-refractivity contribution < 1.29 is 13.6 Å². The van der Waals surface area contributed by atoms with Gasteiger partial charge >= 0.3 is 0 Å². The lowest BCUT2D eigenvalue weighted by atomic mass is 10.0. The van der Waals surface area contributed by atoms with E-state index >= 15 is 0 Å². The van der Waals surface area contributed by atoms with Crippen molar-refractivity contribution in [3.8, 4) is 0 Å². The predicted molar refractivity (Wildman–Crippen MR) is 68.5 cm³/mol. The van der Waals surface area contributed by atoms with E-state index in [0.29, 0.717) is 10.0 Å². The molecule has 0 spiro atoms. The SMILES string of the molecule is O=C(Cc1ccc(F)c(Br)c1)c1ccccc1F. The third-order valence-corrected chi connectivity index (χ3v) is 3.13. The maximum Gasteiger partial charge on any atom is 0.170 e. The molecule has 1 nitrogen and oxygen atoms in total. The number of hydrogen-bond acceptors (Lipinski definition) is 1. The third kappa shape index (κ3) is 2.82. The molecule has 0 amide bonds. The molecule has 2 aromatic carbocycles. The number of halogens is 3. The van der Waals surface area contributed by atoms with E-state index in [-0.39, 0.29) is 17.8 Å². The molecule has 18 heavy (non-hydrogen) atoms. The Hall–Kier alpha value is -1.55. The minimum Gasteiger partial charge on any atom is -0.294 e. The summed E-state index contributed by atoms with van der Waals surface area (Å²) in [4.78, 5) is 11.9. The van der Waals surface area contributed by atoms with E-state index in [1.54, 1.807) is 6.07 Å². The maximum absolute atomic E-state index is 13.4. The number of carbonyl (C=O) groups excluding carboxylic acids is 1. The molecular weight excluding hydrogens is 302 g/mol. The van der Waals surface area contributed by atoms with Gasteiger partial charge in [0.15, 0.2) is 5.78 Å². The Bertz CT molecular complexity index is 596. The van der Waals surface area contributed by atoms with Crippen LogP contribution in [0.5, 0.6) is 0 Å². The van der Waals surface area contributed by atoms with Crippen molar-refractivity contribution in [2.24, 2.45) is 0 Å². The van der Waals surface area contributed by atoms with E-state index < -0.39 is 11.6 Å². The molecule has 0 unspecified atom stereocenters. The van der Waals surface area contributed by atoms with Gasteiger partial charge in [0.2, 0.25) is 0 Å². The Balaban J connectivity index is 2.22. The van der Waals surface area contributed by atoms with Gasteiger partial charge < -0.3 is 0 Å². The quantitative estimate of drug-likeness (QED) is 0.778. The molecule has 0 aliphatic heterocycles. The second kappa shape index (κ2) is 5.40. The van der Waals surface area contributed by atoms with E-state index in [1.165, 1.54) is 36.4 Å². The molecule has 92 valence electrons. The molecule has 0 saturated heterocycles. The topological polar surface area (TPSA) is 17.1 Å². The highest BCUT2D eigenvalue weighted by atomic mass is 79.9. The summed E-state index contributed by atoms with van der Waals surface area (Å²) in [6, 6.07) is 10.1. The fourth-order valence-electron chi connectivity index (χ4n) is 1.62. The molecule has 0 saturated carbocycles. The maximum atomic E-state index is 13.4. The number of rotatable bonds is 3. The van der Waals surface area contributed by atoms with Crippen molar-refractivity contribution in [1.29, 1.82) is 0 Å². The van der Waals surface area contributed by atoms with Gasteiger partial charge in [0.25, 0.3) is 0 Å². The number of hydrogen-bond donors (Lipinski definition) is 0.